The largest absolute Gasteiger partial charge is 0.322 e. The molecule has 0 fully saturated rings. The van der Waals surface area contributed by atoms with Gasteiger partial charge in [0.15, 0.2) is 0 Å². The highest BCUT2D eigenvalue weighted by molar-refractivity contribution is 7.62. The smallest absolute Gasteiger partial charge is 0.265 e. The van der Waals surface area contributed by atoms with Crippen LogP contribution in [0, 0.1) is 0 Å². The first kappa shape index (κ1) is 15.6. The average Bonchev–Trinajstić information content (AvgIpc) is 2.48. The SMILES string of the molecule is CP(=O)(NNC(=O)c1ccccc1)Nc1ccccc1Cl. The van der Waals surface area contributed by atoms with Gasteiger partial charge in [-0.1, -0.05) is 41.9 Å². The van der Waals surface area contributed by atoms with Gasteiger partial charge in [0.2, 0.25) is 7.44 Å². The number of halogens is 1. The Kier molecular flexibility index (Phi) is 5.02. The molecule has 1 amide bonds. The number of hydrazine groups is 1. The molecule has 0 aliphatic heterocycles. The quantitative estimate of drug-likeness (QED) is 0.581. The highest BCUT2D eigenvalue weighted by atomic mass is 35.5. The Labute approximate surface area is 128 Å². The molecule has 0 spiro atoms. The zero-order chi connectivity index (χ0) is 15.3. The molecule has 2 aromatic carbocycles. The molecule has 0 heterocycles. The third kappa shape index (κ3) is 4.60. The van der Waals surface area contributed by atoms with E-state index >= 15 is 0 Å². The second-order valence-corrected chi connectivity index (χ2v) is 7.15. The summed E-state index contributed by atoms with van der Waals surface area (Å²) in [6.45, 7) is 1.46. The highest BCUT2D eigenvalue weighted by Gasteiger charge is 2.17. The van der Waals surface area contributed by atoms with E-state index in [1.54, 1.807) is 48.5 Å². The molecule has 3 N–H and O–H groups in total. The van der Waals surface area contributed by atoms with Crippen LogP contribution in [0.2, 0.25) is 5.02 Å². The van der Waals surface area contributed by atoms with Crippen molar-refractivity contribution in [1.82, 2.24) is 10.6 Å². The van der Waals surface area contributed by atoms with Crippen molar-refractivity contribution < 1.29 is 9.36 Å². The molecule has 0 bridgehead atoms. The Morgan fingerprint density at radius 2 is 1.67 bits per heavy atom. The predicted octanol–water partition coefficient (Wildman–Crippen LogP) is 3.51. The van der Waals surface area contributed by atoms with Gasteiger partial charge in [-0.3, -0.25) is 14.8 Å². The molecule has 110 valence electrons. The van der Waals surface area contributed by atoms with Crippen LogP contribution in [0.1, 0.15) is 10.4 Å². The van der Waals surface area contributed by atoms with E-state index in [0.29, 0.717) is 16.3 Å². The van der Waals surface area contributed by atoms with Gasteiger partial charge in [-0.2, -0.15) is 5.20 Å². The number of anilines is 1. The van der Waals surface area contributed by atoms with Crippen LogP contribution in [-0.4, -0.2) is 12.6 Å². The minimum Gasteiger partial charge on any atom is -0.322 e. The number of para-hydroxylation sites is 1. The summed E-state index contributed by atoms with van der Waals surface area (Å²) in [6.07, 6.45) is 0. The lowest BCUT2D eigenvalue weighted by Gasteiger charge is -2.18. The third-order valence-electron chi connectivity index (χ3n) is 2.63. The van der Waals surface area contributed by atoms with Gasteiger partial charge in [-0.25, -0.2) is 0 Å². The molecule has 21 heavy (non-hydrogen) atoms. The number of benzene rings is 2. The summed E-state index contributed by atoms with van der Waals surface area (Å²) in [5.74, 6) is -0.362. The fourth-order valence-electron chi connectivity index (χ4n) is 1.63. The first-order valence-corrected chi connectivity index (χ1v) is 8.74. The van der Waals surface area contributed by atoms with E-state index in [1.807, 2.05) is 6.07 Å². The summed E-state index contributed by atoms with van der Waals surface area (Å²) in [4.78, 5) is 11.9. The lowest BCUT2D eigenvalue weighted by molar-refractivity contribution is 0.0945. The van der Waals surface area contributed by atoms with Gasteiger partial charge >= 0.3 is 0 Å². The molecule has 2 aromatic rings. The molecule has 0 radical (unpaired) electrons. The Balaban J connectivity index is 1.97. The van der Waals surface area contributed by atoms with E-state index in [4.69, 9.17) is 11.6 Å². The highest BCUT2D eigenvalue weighted by Crippen LogP contribution is 2.38. The number of carbonyl (C=O) groups excluding carboxylic acids is 1. The molecule has 1 unspecified atom stereocenters. The lowest BCUT2D eigenvalue weighted by Crippen LogP contribution is -2.36. The van der Waals surface area contributed by atoms with E-state index in [1.165, 1.54) is 6.66 Å². The fraction of sp³-hybridized carbons (Fsp3) is 0.0714. The summed E-state index contributed by atoms with van der Waals surface area (Å²) < 4.78 is 12.4. The summed E-state index contributed by atoms with van der Waals surface area (Å²) >= 11 is 5.99. The zero-order valence-corrected chi connectivity index (χ0v) is 13.0. The maximum atomic E-state index is 12.4. The number of nitrogens with one attached hydrogen (secondary N) is 3. The summed E-state index contributed by atoms with van der Waals surface area (Å²) in [6, 6.07) is 15.6. The van der Waals surface area contributed by atoms with Crippen molar-refractivity contribution in [2.45, 2.75) is 0 Å². The second kappa shape index (κ2) is 6.76. The molecule has 7 heteroatoms. The van der Waals surface area contributed by atoms with E-state index in [9.17, 15) is 9.36 Å². The minimum atomic E-state index is -3.03. The number of hydrogen-bond acceptors (Lipinski definition) is 2. The van der Waals surface area contributed by atoms with Crippen molar-refractivity contribution >= 4 is 30.6 Å². The molecule has 0 aliphatic rings. The summed E-state index contributed by atoms with van der Waals surface area (Å²) in [7, 11) is -3.03. The van der Waals surface area contributed by atoms with Gasteiger partial charge in [-0.15, -0.1) is 0 Å². The van der Waals surface area contributed by atoms with E-state index in [-0.39, 0.29) is 5.91 Å². The predicted molar refractivity (Wildman–Crippen MR) is 85.6 cm³/mol. The van der Waals surface area contributed by atoms with Crippen molar-refractivity contribution in [2.75, 3.05) is 11.8 Å². The number of carbonyl (C=O) groups is 1. The van der Waals surface area contributed by atoms with Crippen molar-refractivity contribution in [3.63, 3.8) is 0 Å². The van der Waals surface area contributed by atoms with Crippen molar-refractivity contribution in [2.24, 2.45) is 0 Å². The number of hydrogen-bond donors (Lipinski definition) is 3. The number of rotatable bonds is 5. The van der Waals surface area contributed by atoms with Crippen LogP contribution in [0.25, 0.3) is 0 Å². The molecule has 0 saturated carbocycles. The van der Waals surface area contributed by atoms with Crippen molar-refractivity contribution in [1.29, 1.82) is 0 Å². The normalized spacial score (nSPS) is 13.2. The molecular formula is C14H15ClN3O2P. The molecule has 5 nitrogen and oxygen atoms in total. The first-order chi connectivity index (χ1) is 9.98. The van der Waals surface area contributed by atoms with Gasteiger partial charge in [0.05, 0.1) is 10.7 Å². The summed E-state index contributed by atoms with van der Waals surface area (Å²) in [5, 5.41) is 5.76. The molecule has 0 aliphatic carbocycles. The standard InChI is InChI=1S/C14H15ClN3O2P/c1-21(20,17-13-10-6-5-9-12(13)15)18-16-14(19)11-7-3-2-4-8-11/h2-10H,1H3,(H,16,19)(H2,17,18,20). The Morgan fingerprint density at radius 1 is 1.05 bits per heavy atom. The Hall–Kier alpha value is -1.81. The lowest BCUT2D eigenvalue weighted by atomic mass is 10.2. The zero-order valence-electron chi connectivity index (χ0n) is 11.3. The molecular weight excluding hydrogens is 309 g/mol. The van der Waals surface area contributed by atoms with E-state index in [2.05, 4.69) is 15.7 Å². The van der Waals surface area contributed by atoms with Crippen LogP contribution in [0.15, 0.2) is 54.6 Å². The molecule has 0 saturated heterocycles. The van der Waals surface area contributed by atoms with Gasteiger partial charge in [0.1, 0.15) is 0 Å². The van der Waals surface area contributed by atoms with Crippen LogP contribution in [0.3, 0.4) is 0 Å². The summed E-state index contributed by atoms with van der Waals surface area (Å²) in [5.41, 5.74) is 3.43. The first-order valence-electron chi connectivity index (χ1n) is 6.21. The van der Waals surface area contributed by atoms with E-state index in [0.717, 1.165) is 0 Å². The van der Waals surface area contributed by atoms with Crippen LogP contribution in [-0.2, 0) is 4.57 Å². The van der Waals surface area contributed by atoms with Crippen LogP contribution in [0.5, 0.6) is 0 Å². The molecule has 1 atom stereocenters. The van der Waals surface area contributed by atoms with Gasteiger partial charge in [0.25, 0.3) is 5.91 Å². The van der Waals surface area contributed by atoms with Crippen LogP contribution < -0.4 is 15.7 Å². The third-order valence-corrected chi connectivity index (χ3v) is 4.16. The van der Waals surface area contributed by atoms with Gasteiger partial charge in [-0.05, 0) is 24.3 Å². The van der Waals surface area contributed by atoms with Crippen LogP contribution >= 0.6 is 19.0 Å². The van der Waals surface area contributed by atoms with Crippen LogP contribution in [0.4, 0.5) is 5.69 Å². The van der Waals surface area contributed by atoms with Crippen molar-refractivity contribution in [3.05, 3.63) is 65.2 Å². The second-order valence-electron chi connectivity index (χ2n) is 4.45. The van der Waals surface area contributed by atoms with Gasteiger partial charge < -0.3 is 5.09 Å². The van der Waals surface area contributed by atoms with Gasteiger partial charge in [0, 0.05) is 12.2 Å². The molecule has 2 rings (SSSR count). The van der Waals surface area contributed by atoms with E-state index < -0.39 is 7.44 Å². The Bertz CT molecular complexity index is 679. The number of amides is 1. The molecule has 0 aromatic heterocycles. The average molecular weight is 324 g/mol. The van der Waals surface area contributed by atoms with Crippen molar-refractivity contribution in [3.8, 4) is 0 Å². The Morgan fingerprint density at radius 3 is 2.33 bits per heavy atom. The maximum Gasteiger partial charge on any atom is 0.265 e. The monoisotopic (exact) mass is 323 g/mol. The fourth-order valence-corrected chi connectivity index (χ4v) is 2.90. The minimum absolute atomic E-state index is 0.362. The maximum absolute atomic E-state index is 12.4. The topological polar surface area (TPSA) is 70.2 Å².